The molecule has 0 radical (unpaired) electrons. The molecule has 0 bridgehead atoms. The van der Waals surface area contributed by atoms with Gasteiger partial charge in [0.05, 0.1) is 24.6 Å². The van der Waals surface area contributed by atoms with E-state index in [-0.39, 0.29) is 11.6 Å². The van der Waals surface area contributed by atoms with E-state index in [4.69, 9.17) is 0 Å². The normalized spacial score (nSPS) is 10.2. The molecule has 98 valence electrons. The fourth-order valence-electron chi connectivity index (χ4n) is 1.58. The van der Waals surface area contributed by atoms with E-state index in [9.17, 15) is 14.9 Å². The minimum Gasteiger partial charge on any atom is -0.321 e. The number of carbonyl (C=O) groups is 1. The first-order valence-corrected chi connectivity index (χ1v) is 7.24. The summed E-state index contributed by atoms with van der Waals surface area (Å²) in [6, 6.07) is 6.39. The summed E-state index contributed by atoms with van der Waals surface area (Å²) in [4.78, 5) is 22.3. The smallest absolute Gasteiger partial charge is 0.274 e. The van der Waals surface area contributed by atoms with E-state index in [0.29, 0.717) is 16.8 Å². The highest BCUT2D eigenvalue weighted by Gasteiger charge is 2.15. The number of amides is 1. The monoisotopic (exact) mass is 388 g/mol. The van der Waals surface area contributed by atoms with Crippen LogP contribution in [0.2, 0.25) is 0 Å². The third-order valence-corrected chi connectivity index (χ3v) is 4.37. The number of hydrogen-bond acceptors (Lipinski definition) is 4. The van der Waals surface area contributed by atoms with Crippen LogP contribution < -0.4 is 5.32 Å². The number of rotatable bonds is 3. The van der Waals surface area contributed by atoms with Crippen molar-refractivity contribution < 1.29 is 9.72 Å². The van der Waals surface area contributed by atoms with E-state index in [0.717, 1.165) is 2.88 Å². The summed E-state index contributed by atoms with van der Waals surface area (Å²) in [5.41, 5.74) is 1.46. The molecule has 0 unspecified atom stereocenters. The Balaban J connectivity index is 2.27. The van der Waals surface area contributed by atoms with Crippen molar-refractivity contribution in [2.75, 3.05) is 5.32 Å². The second-order valence-electron chi connectivity index (χ2n) is 3.80. The summed E-state index contributed by atoms with van der Waals surface area (Å²) in [6.45, 7) is 1.62. The lowest BCUT2D eigenvalue weighted by Crippen LogP contribution is -2.12. The summed E-state index contributed by atoms with van der Waals surface area (Å²) in [5.74, 6) is -0.261. The highest BCUT2D eigenvalue weighted by atomic mass is 127. The molecule has 2 aromatic rings. The first kappa shape index (κ1) is 13.9. The fraction of sp³-hybridized carbons (Fsp3) is 0.0833. The molecule has 1 aromatic carbocycles. The third kappa shape index (κ3) is 3.10. The number of thiophene rings is 1. The average molecular weight is 388 g/mol. The molecule has 19 heavy (non-hydrogen) atoms. The van der Waals surface area contributed by atoms with Crippen LogP contribution in [0.4, 0.5) is 11.4 Å². The zero-order valence-electron chi connectivity index (χ0n) is 9.84. The maximum Gasteiger partial charge on any atom is 0.274 e. The molecule has 1 heterocycles. The van der Waals surface area contributed by atoms with Crippen LogP contribution in [0.15, 0.2) is 29.6 Å². The van der Waals surface area contributed by atoms with Gasteiger partial charge in [-0.15, -0.1) is 11.3 Å². The van der Waals surface area contributed by atoms with Crippen molar-refractivity contribution in [1.82, 2.24) is 0 Å². The number of nitro benzene ring substituents is 1. The number of hydrogen-bond donors (Lipinski definition) is 1. The molecule has 0 spiro atoms. The van der Waals surface area contributed by atoms with E-state index < -0.39 is 4.92 Å². The van der Waals surface area contributed by atoms with E-state index in [2.05, 4.69) is 27.9 Å². The minimum absolute atomic E-state index is 0.00213. The molecule has 0 saturated heterocycles. The first-order chi connectivity index (χ1) is 8.99. The summed E-state index contributed by atoms with van der Waals surface area (Å²) < 4.78 is 1.01. The SMILES string of the molecule is Cc1c(NC(=O)c2csc(I)c2)cccc1[N+](=O)[O-]. The standard InChI is InChI=1S/C12H9IN2O3S/c1-7-9(3-2-4-10(7)15(17)18)14-12(16)8-5-11(13)19-6-8/h2-6H,1H3,(H,14,16). The molecule has 1 amide bonds. The van der Waals surface area contributed by atoms with Crippen molar-refractivity contribution in [1.29, 1.82) is 0 Å². The van der Waals surface area contributed by atoms with Gasteiger partial charge in [-0.25, -0.2) is 0 Å². The van der Waals surface area contributed by atoms with Gasteiger partial charge in [0, 0.05) is 11.4 Å². The van der Waals surface area contributed by atoms with Crippen LogP contribution in [0.3, 0.4) is 0 Å². The first-order valence-electron chi connectivity index (χ1n) is 5.28. The molecule has 1 aromatic heterocycles. The number of anilines is 1. The van der Waals surface area contributed by atoms with Crippen LogP contribution in [0, 0.1) is 19.9 Å². The number of halogens is 1. The van der Waals surface area contributed by atoms with Gasteiger partial charge in [-0.2, -0.15) is 0 Å². The van der Waals surface area contributed by atoms with Gasteiger partial charge in [-0.1, -0.05) is 6.07 Å². The van der Waals surface area contributed by atoms with Crippen LogP contribution >= 0.6 is 33.9 Å². The van der Waals surface area contributed by atoms with Crippen molar-refractivity contribution in [3.05, 3.63) is 53.8 Å². The Morgan fingerprint density at radius 3 is 2.79 bits per heavy atom. The van der Waals surface area contributed by atoms with Gasteiger partial charge in [0.1, 0.15) is 0 Å². The number of nitro groups is 1. The predicted octanol–water partition coefficient (Wildman–Crippen LogP) is 3.82. The molecular formula is C12H9IN2O3S. The number of nitrogens with zero attached hydrogens (tertiary/aromatic N) is 1. The molecule has 0 atom stereocenters. The Morgan fingerprint density at radius 2 is 2.21 bits per heavy atom. The van der Waals surface area contributed by atoms with E-state index in [1.54, 1.807) is 30.5 Å². The lowest BCUT2D eigenvalue weighted by molar-refractivity contribution is -0.385. The largest absolute Gasteiger partial charge is 0.321 e. The maximum absolute atomic E-state index is 12.0. The van der Waals surface area contributed by atoms with Gasteiger partial charge in [-0.05, 0) is 41.6 Å². The van der Waals surface area contributed by atoms with Gasteiger partial charge in [0.2, 0.25) is 0 Å². The quantitative estimate of drug-likeness (QED) is 0.494. The van der Waals surface area contributed by atoms with E-state index >= 15 is 0 Å². The van der Waals surface area contributed by atoms with Gasteiger partial charge >= 0.3 is 0 Å². The molecule has 0 saturated carbocycles. The van der Waals surface area contributed by atoms with Crippen molar-refractivity contribution in [3.8, 4) is 0 Å². The van der Waals surface area contributed by atoms with Crippen molar-refractivity contribution in [2.45, 2.75) is 6.92 Å². The van der Waals surface area contributed by atoms with Gasteiger partial charge < -0.3 is 5.32 Å². The van der Waals surface area contributed by atoms with Crippen molar-refractivity contribution in [3.63, 3.8) is 0 Å². The molecule has 2 rings (SSSR count). The molecule has 0 aliphatic rings. The van der Waals surface area contributed by atoms with Crippen molar-refractivity contribution >= 4 is 51.2 Å². The Hall–Kier alpha value is -1.48. The molecule has 1 N–H and O–H groups in total. The lowest BCUT2D eigenvalue weighted by atomic mass is 10.1. The minimum atomic E-state index is -0.460. The third-order valence-electron chi connectivity index (χ3n) is 2.58. The summed E-state index contributed by atoms with van der Waals surface area (Å²) >= 11 is 3.61. The van der Waals surface area contributed by atoms with Crippen molar-refractivity contribution in [2.24, 2.45) is 0 Å². The Morgan fingerprint density at radius 1 is 1.47 bits per heavy atom. The van der Waals surface area contributed by atoms with Crippen LogP contribution in [0.25, 0.3) is 0 Å². The Labute approximate surface area is 126 Å². The fourth-order valence-corrected chi connectivity index (χ4v) is 2.91. The van der Waals surface area contributed by atoms with Crippen LogP contribution in [0.1, 0.15) is 15.9 Å². The summed E-state index contributed by atoms with van der Waals surface area (Å²) in [6.07, 6.45) is 0. The highest BCUT2D eigenvalue weighted by molar-refractivity contribution is 14.1. The summed E-state index contributed by atoms with van der Waals surface area (Å²) in [7, 11) is 0. The summed E-state index contributed by atoms with van der Waals surface area (Å²) in [5, 5.41) is 15.3. The molecule has 0 aliphatic carbocycles. The number of carbonyl (C=O) groups excluding carboxylic acids is 1. The van der Waals surface area contributed by atoms with Gasteiger partial charge in [0.15, 0.2) is 0 Å². The Bertz CT molecular complexity index is 654. The zero-order chi connectivity index (χ0) is 14.0. The second kappa shape index (κ2) is 5.66. The van der Waals surface area contributed by atoms with Gasteiger partial charge in [-0.3, -0.25) is 14.9 Å². The van der Waals surface area contributed by atoms with E-state index in [1.807, 2.05) is 0 Å². The predicted molar refractivity (Wildman–Crippen MR) is 82.8 cm³/mol. The topological polar surface area (TPSA) is 72.2 Å². The molecule has 0 fully saturated rings. The van der Waals surface area contributed by atoms with Crippen LogP contribution in [-0.4, -0.2) is 10.8 Å². The highest BCUT2D eigenvalue weighted by Crippen LogP contribution is 2.26. The molecular weight excluding hydrogens is 379 g/mol. The Kier molecular flexibility index (Phi) is 4.15. The van der Waals surface area contributed by atoms with E-state index in [1.165, 1.54) is 17.4 Å². The maximum atomic E-state index is 12.0. The average Bonchev–Trinajstić information content (AvgIpc) is 2.78. The molecule has 7 heteroatoms. The van der Waals surface area contributed by atoms with Gasteiger partial charge in [0.25, 0.3) is 11.6 Å². The molecule has 0 aliphatic heterocycles. The number of benzene rings is 1. The van der Waals surface area contributed by atoms with Crippen LogP contribution in [-0.2, 0) is 0 Å². The lowest BCUT2D eigenvalue weighted by Gasteiger charge is -2.07. The second-order valence-corrected chi connectivity index (χ2v) is 6.61. The van der Waals surface area contributed by atoms with Crippen LogP contribution in [0.5, 0.6) is 0 Å². The molecule has 5 nitrogen and oxygen atoms in total. The zero-order valence-corrected chi connectivity index (χ0v) is 12.8. The number of nitrogens with one attached hydrogen (secondary N) is 1.